The van der Waals surface area contributed by atoms with Crippen LogP contribution in [0.15, 0.2) is 24.3 Å². The first-order valence-corrected chi connectivity index (χ1v) is 7.04. The van der Waals surface area contributed by atoms with Crippen molar-refractivity contribution in [3.05, 3.63) is 30.0 Å². The van der Waals surface area contributed by atoms with Crippen LogP contribution in [-0.4, -0.2) is 35.3 Å². The van der Waals surface area contributed by atoms with Gasteiger partial charge in [0.25, 0.3) is 5.91 Å². The van der Waals surface area contributed by atoms with Gasteiger partial charge in [-0.25, -0.2) is 0 Å². The molecule has 0 bridgehead atoms. The third-order valence-electron chi connectivity index (χ3n) is 3.32. The van der Waals surface area contributed by atoms with E-state index in [1.807, 2.05) is 6.92 Å². The lowest BCUT2D eigenvalue weighted by atomic mass is 10.2. The number of carbonyl (C=O) groups is 1. The monoisotopic (exact) mass is 312 g/mol. The first-order chi connectivity index (χ1) is 10.5. The van der Waals surface area contributed by atoms with Crippen molar-refractivity contribution >= 4 is 16.8 Å². The average Bonchev–Trinajstić information content (AvgIpc) is 2.91. The van der Waals surface area contributed by atoms with Crippen molar-refractivity contribution in [3.63, 3.8) is 0 Å². The smallest absolute Gasteiger partial charge is 0.387 e. The molecule has 0 radical (unpaired) electrons. The number of benzene rings is 1. The van der Waals surface area contributed by atoms with Crippen molar-refractivity contribution in [2.45, 2.75) is 32.5 Å². The first kappa shape index (κ1) is 16.2. The van der Waals surface area contributed by atoms with Gasteiger partial charge in [-0.3, -0.25) is 4.79 Å². The molecule has 0 aliphatic heterocycles. The minimum Gasteiger partial charge on any atom is -0.434 e. The molecule has 1 amide bonds. The van der Waals surface area contributed by atoms with Gasteiger partial charge in [0, 0.05) is 17.4 Å². The zero-order valence-electron chi connectivity index (χ0n) is 12.1. The number of ether oxygens (including phenoxy) is 1. The Kier molecular flexibility index (Phi) is 5.32. The lowest BCUT2D eigenvalue weighted by Crippen LogP contribution is -2.27. The highest BCUT2D eigenvalue weighted by molar-refractivity contribution is 5.99. The van der Waals surface area contributed by atoms with Crippen LogP contribution in [-0.2, 0) is 0 Å². The summed E-state index contributed by atoms with van der Waals surface area (Å²) >= 11 is 0. The quantitative estimate of drug-likeness (QED) is 0.736. The van der Waals surface area contributed by atoms with Crippen LogP contribution in [0, 0.1) is 0 Å². The number of H-pyrrole nitrogens is 1. The van der Waals surface area contributed by atoms with E-state index in [0.717, 1.165) is 0 Å². The highest BCUT2D eigenvalue weighted by Gasteiger charge is 2.14. The molecule has 0 saturated carbocycles. The molecule has 3 N–H and O–H groups in total. The summed E-state index contributed by atoms with van der Waals surface area (Å²) in [5.74, 6) is -0.341. The number of amides is 1. The summed E-state index contributed by atoms with van der Waals surface area (Å²) in [6, 6.07) is 6.13. The van der Waals surface area contributed by atoms with Crippen molar-refractivity contribution in [1.29, 1.82) is 0 Å². The summed E-state index contributed by atoms with van der Waals surface area (Å²) in [5.41, 5.74) is 0.795. The number of fused-ring (bicyclic) bond motifs is 1. The van der Waals surface area contributed by atoms with E-state index < -0.39 is 12.7 Å². The van der Waals surface area contributed by atoms with Gasteiger partial charge in [0.05, 0.1) is 6.10 Å². The number of carbonyl (C=O) groups excluding carboxylic acids is 1. The van der Waals surface area contributed by atoms with Crippen LogP contribution in [0.5, 0.6) is 5.75 Å². The number of alkyl halides is 2. The predicted octanol–water partition coefficient (Wildman–Crippen LogP) is 2.66. The number of hydrogen-bond acceptors (Lipinski definition) is 3. The van der Waals surface area contributed by atoms with E-state index in [-0.39, 0.29) is 17.4 Å². The van der Waals surface area contributed by atoms with E-state index >= 15 is 0 Å². The molecule has 120 valence electrons. The standard InChI is InChI=1S/C15H18F2N2O3/c1-2-9(20)6-7-18-14(21)12-8-10-11(19-12)4-3-5-13(10)22-15(16)17/h3-5,8-9,15,19-20H,2,6-7H2,1H3,(H,18,21). The number of nitrogens with one attached hydrogen (secondary N) is 2. The van der Waals surface area contributed by atoms with E-state index in [2.05, 4.69) is 15.0 Å². The highest BCUT2D eigenvalue weighted by atomic mass is 19.3. The van der Waals surface area contributed by atoms with Crippen molar-refractivity contribution in [2.24, 2.45) is 0 Å². The third-order valence-corrected chi connectivity index (χ3v) is 3.32. The molecule has 0 fully saturated rings. The van der Waals surface area contributed by atoms with E-state index in [1.54, 1.807) is 12.1 Å². The number of aliphatic hydroxyl groups is 1. The Morgan fingerprint density at radius 1 is 1.45 bits per heavy atom. The molecule has 22 heavy (non-hydrogen) atoms. The van der Waals surface area contributed by atoms with Crippen molar-refractivity contribution in [1.82, 2.24) is 10.3 Å². The summed E-state index contributed by atoms with van der Waals surface area (Å²) in [7, 11) is 0. The van der Waals surface area contributed by atoms with Crippen LogP contribution in [0.25, 0.3) is 10.9 Å². The van der Waals surface area contributed by atoms with Gasteiger partial charge in [-0.05, 0) is 31.0 Å². The van der Waals surface area contributed by atoms with Gasteiger partial charge < -0.3 is 20.1 Å². The number of halogens is 2. The molecule has 2 aromatic rings. The van der Waals surface area contributed by atoms with Crippen LogP contribution >= 0.6 is 0 Å². The van der Waals surface area contributed by atoms with Gasteiger partial charge in [0.2, 0.25) is 0 Å². The Morgan fingerprint density at radius 3 is 2.91 bits per heavy atom. The largest absolute Gasteiger partial charge is 0.434 e. The molecule has 1 heterocycles. The lowest BCUT2D eigenvalue weighted by Gasteiger charge is -2.07. The zero-order valence-corrected chi connectivity index (χ0v) is 12.1. The molecule has 1 aromatic carbocycles. The second-order valence-corrected chi connectivity index (χ2v) is 4.89. The molecular formula is C15H18F2N2O3. The highest BCUT2D eigenvalue weighted by Crippen LogP contribution is 2.27. The zero-order chi connectivity index (χ0) is 16.1. The molecule has 5 nitrogen and oxygen atoms in total. The van der Waals surface area contributed by atoms with E-state index in [1.165, 1.54) is 12.1 Å². The van der Waals surface area contributed by atoms with Gasteiger partial charge in [0.15, 0.2) is 0 Å². The average molecular weight is 312 g/mol. The molecule has 2 rings (SSSR count). The second-order valence-electron chi connectivity index (χ2n) is 4.89. The van der Waals surface area contributed by atoms with Gasteiger partial charge in [0.1, 0.15) is 11.4 Å². The molecule has 0 aliphatic rings. The number of aromatic amines is 1. The third kappa shape index (κ3) is 3.94. The SMILES string of the molecule is CCC(O)CCNC(=O)c1cc2c(OC(F)F)cccc2[nH]1. The maximum atomic E-state index is 12.4. The maximum Gasteiger partial charge on any atom is 0.387 e. The molecule has 0 aliphatic carbocycles. The molecule has 1 unspecified atom stereocenters. The second kappa shape index (κ2) is 7.22. The molecule has 1 aromatic heterocycles. The Bertz CT molecular complexity index is 643. The molecule has 0 spiro atoms. The topological polar surface area (TPSA) is 74.3 Å². The van der Waals surface area contributed by atoms with Gasteiger partial charge in [-0.1, -0.05) is 13.0 Å². The summed E-state index contributed by atoms with van der Waals surface area (Å²) in [6.45, 7) is -0.730. The van der Waals surface area contributed by atoms with Crippen LogP contribution in [0.1, 0.15) is 30.3 Å². The fraction of sp³-hybridized carbons (Fsp3) is 0.400. The Hall–Kier alpha value is -2.15. The van der Waals surface area contributed by atoms with E-state index in [4.69, 9.17) is 0 Å². The minimum atomic E-state index is -2.92. The van der Waals surface area contributed by atoms with Crippen molar-refractivity contribution in [3.8, 4) is 5.75 Å². The fourth-order valence-electron chi connectivity index (χ4n) is 2.10. The van der Waals surface area contributed by atoms with Crippen LogP contribution in [0.4, 0.5) is 8.78 Å². The molecule has 0 saturated heterocycles. The maximum absolute atomic E-state index is 12.4. The predicted molar refractivity (Wildman–Crippen MR) is 78.2 cm³/mol. The minimum absolute atomic E-state index is 0.0178. The summed E-state index contributed by atoms with van der Waals surface area (Å²) in [4.78, 5) is 14.9. The first-order valence-electron chi connectivity index (χ1n) is 7.04. The van der Waals surface area contributed by atoms with Crippen LogP contribution in [0.2, 0.25) is 0 Å². The summed E-state index contributed by atoms with van der Waals surface area (Å²) in [5, 5.41) is 12.5. The van der Waals surface area contributed by atoms with Crippen molar-refractivity contribution in [2.75, 3.05) is 6.54 Å². The van der Waals surface area contributed by atoms with Gasteiger partial charge in [-0.2, -0.15) is 8.78 Å². The Morgan fingerprint density at radius 2 is 2.23 bits per heavy atom. The molecular weight excluding hydrogens is 294 g/mol. The lowest BCUT2D eigenvalue weighted by molar-refractivity contribution is -0.0487. The van der Waals surface area contributed by atoms with E-state index in [9.17, 15) is 18.7 Å². The number of aromatic nitrogens is 1. The number of hydrogen-bond donors (Lipinski definition) is 3. The van der Waals surface area contributed by atoms with Gasteiger partial charge in [-0.15, -0.1) is 0 Å². The van der Waals surface area contributed by atoms with E-state index in [0.29, 0.717) is 30.3 Å². The fourth-order valence-corrected chi connectivity index (χ4v) is 2.10. The summed E-state index contributed by atoms with van der Waals surface area (Å²) in [6.07, 6.45) is 0.632. The number of aliphatic hydroxyl groups excluding tert-OH is 1. The normalized spacial score (nSPS) is 12.6. The molecule has 7 heteroatoms. The van der Waals surface area contributed by atoms with Crippen LogP contribution < -0.4 is 10.1 Å². The molecule has 1 atom stereocenters. The Labute approximate surface area is 126 Å². The van der Waals surface area contributed by atoms with Crippen LogP contribution in [0.3, 0.4) is 0 Å². The van der Waals surface area contributed by atoms with Gasteiger partial charge >= 0.3 is 6.61 Å². The Balaban J connectivity index is 2.10. The van der Waals surface area contributed by atoms with Crippen molar-refractivity contribution < 1.29 is 23.4 Å². The number of rotatable bonds is 7. The summed E-state index contributed by atoms with van der Waals surface area (Å²) < 4.78 is 29.1.